The predicted octanol–water partition coefficient (Wildman–Crippen LogP) is 3.58. The number of hydrogen-bond acceptors (Lipinski definition) is 8. The van der Waals surface area contributed by atoms with Crippen molar-refractivity contribution in [2.45, 2.75) is 26.8 Å². The number of carbonyl (C=O) groups excluding carboxylic acids is 2. The van der Waals surface area contributed by atoms with Crippen molar-refractivity contribution >= 4 is 58.0 Å². The maximum Gasteiger partial charge on any atom is 0.338 e. The van der Waals surface area contributed by atoms with Crippen LogP contribution in [0.2, 0.25) is 0 Å². The summed E-state index contributed by atoms with van der Waals surface area (Å²) in [5, 5.41) is 10.5. The van der Waals surface area contributed by atoms with Gasteiger partial charge in [0.25, 0.3) is 5.91 Å². The summed E-state index contributed by atoms with van der Waals surface area (Å²) in [6.07, 6.45) is 1.49. The Morgan fingerprint density at radius 3 is 2.63 bits per heavy atom. The van der Waals surface area contributed by atoms with E-state index in [2.05, 4.69) is 43.8 Å². The highest BCUT2D eigenvalue weighted by molar-refractivity contribution is 14.1. The number of thiocarbonyl (C=S) groups is 1. The number of amides is 1. The molecule has 1 aliphatic heterocycles. The third-order valence-electron chi connectivity index (χ3n) is 5.30. The van der Waals surface area contributed by atoms with Gasteiger partial charge >= 0.3 is 5.97 Å². The van der Waals surface area contributed by atoms with Crippen molar-refractivity contribution in [3.8, 4) is 17.2 Å². The first-order valence-corrected chi connectivity index (χ1v) is 13.3. The molecule has 0 saturated carbocycles. The molecule has 2 aromatic rings. The van der Waals surface area contributed by atoms with E-state index in [4.69, 9.17) is 31.2 Å². The normalized spacial score (nSPS) is 15.0. The summed E-state index contributed by atoms with van der Waals surface area (Å²) >= 11 is 7.47. The molecule has 1 amide bonds. The van der Waals surface area contributed by atoms with Gasteiger partial charge in [-0.2, -0.15) is 5.10 Å². The molecule has 1 heterocycles. The van der Waals surface area contributed by atoms with Crippen molar-refractivity contribution in [1.82, 2.24) is 16.1 Å². The molecule has 1 atom stereocenters. The Labute approximate surface area is 240 Å². The smallest absolute Gasteiger partial charge is 0.338 e. The highest BCUT2D eigenvalue weighted by atomic mass is 127. The number of hydrogen-bond donors (Lipinski definition) is 3. The molecule has 0 radical (unpaired) electrons. The van der Waals surface area contributed by atoms with Crippen LogP contribution in [0.5, 0.6) is 17.2 Å². The highest BCUT2D eigenvalue weighted by Gasteiger charge is 2.32. The van der Waals surface area contributed by atoms with Gasteiger partial charge in [-0.15, -0.1) is 0 Å². The molecular formula is C26H29IN4O6S. The summed E-state index contributed by atoms with van der Waals surface area (Å²) in [5.41, 5.74) is 4.70. The van der Waals surface area contributed by atoms with Crippen molar-refractivity contribution in [3.63, 3.8) is 0 Å². The Kier molecular flexibility index (Phi) is 10.7. The van der Waals surface area contributed by atoms with Crippen molar-refractivity contribution in [1.29, 1.82) is 0 Å². The number of rotatable bonds is 11. The minimum absolute atomic E-state index is 0.229. The number of hydrazone groups is 1. The second-order valence-corrected chi connectivity index (χ2v) is 9.52. The minimum Gasteiger partial charge on any atom is -0.493 e. The average molecular weight is 653 g/mol. The number of esters is 1. The lowest BCUT2D eigenvalue weighted by atomic mass is 9.95. The second-order valence-electron chi connectivity index (χ2n) is 7.87. The van der Waals surface area contributed by atoms with Gasteiger partial charge < -0.3 is 29.6 Å². The first-order chi connectivity index (χ1) is 18.3. The molecule has 0 bridgehead atoms. The van der Waals surface area contributed by atoms with E-state index >= 15 is 0 Å². The quantitative estimate of drug-likeness (QED) is 0.110. The summed E-state index contributed by atoms with van der Waals surface area (Å²) in [5.74, 6) is 0.566. The molecule has 0 aliphatic carbocycles. The van der Waals surface area contributed by atoms with E-state index in [1.807, 2.05) is 25.1 Å². The molecule has 202 valence electrons. The third-order valence-corrected chi connectivity index (χ3v) is 6.15. The summed E-state index contributed by atoms with van der Waals surface area (Å²) in [6.45, 7) is 5.72. The zero-order valence-corrected chi connectivity index (χ0v) is 24.4. The van der Waals surface area contributed by atoms with Gasteiger partial charge in [0, 0.05) is 20.4 Å². The van der Waals surface area contributed by atoms with Gasteiger partial charge in [0.2, 0.25) is 0 Å². The van der Waals surface area contributed by atoms with Gasteiger partial charge in [0.1, 0.15) is 5.75 Å². The molecule has 3 N–H and O–H groups in total. The van der Waals surface area contributed by atoms with Crippen LogP contribution in [-0.2, 0) is 14.3 Å². The van der Waals surface area contributed by atoms with Crippen molar-refractivity contribution in [3.05, 3.63) is 62.4 Å². The lowest BCUT2D eigenvalue weighted by Crippen LogP contribution is -2.45. The lowest BCUT2D eigenvalue weighted by Gasteiger charge is -2.30. The summed E-state index contributed by atoms with van der Waals surface area (Å²) in [4.78, 5) is 25.2. The number of benzene rings is 2. The Morgan fingerprint density at radius 1 is 1.16 bits per heavy atom. The molecule has 0 unspecified atom stereocenters. The fourth-order valence-corrected chi connectivity index (χ4v) is 4.63. The van der Waals surface area contributed by atoms with E-state index in [9.17, 15) is 9.59 Å². The van der Waals surface area contributed by atoms with Crippen LogP contribution in [0.4, 0.5) is 0 Å². The van der Waals surface area contributed by atoms with Gasteiger partial charge in [-0.3, -0.25) is 4.79 Å². The third kappa shape index (κ3) is 7.34. The van der Waals surface area contributed by atoms with Crippen LogP contribution in [0.3, 0.4) is 0 Å². The van der Waals surface area contributed by atoms with Crippen LogP contribution in [-0.4, -0.2) is 50.1 Å². The van der Waals surface area contributed by atoms with Crippen LogP contribution < -0.4 is 30.3 Å². The lowest BCUT2D eigenvalue weighted by molar-refractivity contribution is -0.139. The second kappa shape index (κ2) is 14.0. The summed E-state index contributed by atoms with van der Waals surface area (Å²) in [6, 6.07) is 10.2. The molecule has 0 saturated heterocycles. The van der Waals surface area contributed by atoms with Crippen LogP contribution in [0.25, 0.3) is 0 Å². The largest absolute Gasteiger partial charge is 0.493 e. The van der Waals surface area contributed by atoms with Crippen LogP contribution in [0.1, 0.15) is 37.9 Å². The average Bonchev–Trinajstić information content (AvgIpc) is 2.88. The predicted molar refractivity (Wildman–Crippen MR) is 155 cm³/mol. The monoisotopic (exact) mass is 652 g/mol. The molecular weight excluding hydrogens is 623 g/mol. The van der Waals surface area contributed by atoms with Gasteiger partial charge in [-0.1, -0.05) is 18.2 Å². The summed E-state index contributed by atoms with van der Waals surface area (Å²) in [7, 11) is 1.56. The number of para-hydroxylation sites is 1. The molecule has 10 nitrogen and oxygen atoms in total. The van der Waals surface area contributed by atoms with Gasteiger partial charge in [-0.25, -0.2) is 10.2 Å². The Balaban J connectivity index is 1.73. The number of nitrogens with one attached hydrogen (secondary N) is 3. The number of ether oxygens (including phenoxy) is 4. The number of allylic oxidation sites excluding steroid dienone is 1. The topological polar surface area (TPSA) is 120 Å². The van der Waals surface area contributed by atoms with Crippen molar-refractivity contribution < 1.29 is 28.5 Å². The van der Waals surface area contributed by atoms with Crippen LogP contribution >= 0.6 is 34.8 Å². The number of halogens is 1. The van der Waals surface area contributed by atoms with Crippen LogP contribution in [0, 0.1) is 3.57 Å². The molecule has 1 aliphatic rings. The Morgan fingerprint density at radius 2 is 1.92 bits per heavy atom. The fraction of sp³-hybridized carbons (Fsp3) is 0.308. The first-order valence-electron chi connectivity index (χ1n) is 11.8. The SMILES string of the molecule is CCOC(=O)C1=C(C)NC(=S)N[C@@H]1c1ccccc1OCC(=O)NN=Cc1cc(I)cc(OC)c1OCC. The van der Waals surface area contributed by atoms with Crippen LogP contribution in [0.15, 0.2) is 52.8 Å². The van der Waals surface area contributed by atoms with Gasteiger partial charge in [0.05, 0.1) is 38.2 Å². The zero-order chi connectivity index (χ0) is 27.7. The van der Waals surface area contributed by atoms with Gasteiger partial charge in [0.15, 0.2) is 23.2 Å². The fourth-order valence-electron chi connectivity index (χ4n) is 3.74. The maximum absolute atomic E-state index is 12.7. The van der Waals surface area contributed by atoms with E-state index in [-0.39, 0.29) is 13.2 Å². The van der Waals surface area contributed by atoms with Crippen molar-refractivity contribution in [2.24, 2.45) is 5.10 Å². The maximum atomic E-state index is 12.7. The number of nitrogens with zero attached hydrogens (tertiary/aromatic N) is 1. The highest BCUT2D eigenvalue weighted by Crippen LogP contribution is 2.34. The standard InChI is InChI=1S/C26H29IN4O6S/c1-5-35-24-16(11-17(27)12-20(24)34-4)13-28-31-21(32)14-37-19-10-8-7-9-18(19)23-22(25(33)36-6-2)15(3)29-26(38)30-23/h7-13,23H,5-6,14H2,1-4H3,(H,31,32)(H2,29,30,38)/t23-/m1/s1. The molecule has 38 heavy (non-hydrogen) atoms. The first kappa shape index (κ1) is 29.2. The number of carbonyl (C=O) groups is 2. The Bertz CT molecular complexity index is 1270. The van der Waals surface area contributed by atoms with E-state index in [0.717, 1.165) is 3.57 Å². The molecule has 3 rings (SSSR count). The molecule has 12 heteroatoms. The van der Waals surface area contributed by atoms with E-state index in [0.29, 0.717) is 51.4 Å². The molecule has 0 aromatic heterocycles. The minimum atomic E-state index is -0.618. The molecule has 0 fully saturated rings. The van der Waals surface area contributed by atoms with E-state index < -0.39 is 17.9 Å². The van der Waals surface area contributed by atoms with E-state index in [1.54, 1.807) is 39.2 Å². The molecule has 0 spiro atoms. The zero-order valence-electron chi connectivity index (χ0n) is 21.4. The Hall–Kier alpha value is -3.39. The van der Waals surface area contributed by atoms with Gasteiger partial charge in [-0.05, 0) is 73.8 Å². The molecule has 2 aromatic carbocycles. The van der Waals surface area contributed by atoms with E-state index in [1.165, 1.54) is 6.21 Å². The number of methoxy groups -OCH3 is 1. The van der Waals surface area contributed by atoms with Crippen molar-refractivity contribution in [2.75, 3.05) is 26.9 Å². The summed E-state index contributed by atoms with van der Waals surface area (Å²) < 4.78 is 23.1.